The highest BCUT2D eigenvalue weighted by molar-refractivity contribution is 7.89. The monoisotopic (exact) mass is 376 g/mol. The molecule has 7 heteroatoms. The Labute approximate surface area is 156 Å². The SMILES string of the molecule is Cc1ccc(S(=O)(=O)NCC(c2cccn2C)N2CCN(C)CC2)cc1. The molecular formula is C19H28N4O2S. The highest BCUT2D eigenvalue weighted by atomic mass is 32.2. The molecule has 1 atom stereocenters. The van der Waals surface area contributed by atoms with Gasteiger partial charge in [-0.2, -0.15) is 0 Å². The lowest BCUT2D eigenvalue weighted by molar-refractivity contribution is 0.109. The summed E-state index contributed by atoms with van der Waals surface area (Å²) < 4.78 is 30.3. The molecule has 26 heavy (non-hydrogen) atoms. The maximum atomic E-state index is 12.7. The van der Waals surface area contributed by atoms with Crippen LogP contribution in [0.15, 0.2) is 47.5 Å². The van der Waals surface area contributed by atoms with Crippen LogP contribution in [0.2, 0.25) is 0 Å². The van der Waals surface area contributed by atoms with Gasteiger partial charge >= 0.3 is 0 Å². The smallest absolute Gasteiger partial charge is 0.240 e. The standard InChI is InChI=1S/C19H28N4O2S/c1-16-6-8-17(9-7-16)26(24,25)20-15-19(18-5-4-10-22(18)3)23-13-11-21(2)12-14-23/h4-10,19-20H,11-15H2,1-3H3. The Kier molecular flexibility index (Phi) is 5.82. The molecule has 1 saturated heterocycles. The summed E-state index contributed by atoms with van der Waals surface area (Å²) in [7, 11) is 0.605. The Bertz CT molecular complexity index is 821. The summed E-state index contributed by atoms with van der Waals surface area (Å²) in [6, 6.07) is 11.1. The van der Waals surface area contributed by atoms with E-state index < -0.39 is 10.0 Å². The molecule has 1 aromatic heterocycles. The summed E-state index contributed by atoms with van der Waals surface area (Å²) in [4.78, 5) is 4.98. The zero-order valence-electron chi connectivity index (χ0n) is 15.7. The van der Waals surface area contributed by atoms with Crippen LogP contribution < -0.4 is 4.72 Å². The topological polar surface area (TPSA) is 57.6 Å². The highest BCUT2D eigenvalue weighted by Crippen LogP contribution is 2.22. The molecule has 1 aromatic carbocycles. The Morgan fingerprint density at radius 2 is 1.69 bits per heavy atom. The number of likely N-dealkylation sites (N-methyl/N-ethyl adjacent to an activating group) is 1. The van der Waals surface area contributed by atoms with Gasteiger partial charge in [0.15, 0.2) is 0 Å². The number of rotatable bonds is 6. The third-order valence-electron chi connectivity index (χ3n) is 5.10. The average molecular weight is 377 g/mol. The summed E-state index contributed by atoms with van der Waals surface area (Å²) in [5, 5.41) is 0. The molecule has 0 bridgehead atoms. The van der Waals surface area contributed by atoms with E-state index in [1.807, 2.05) is 38.4 Å². The van der Waals surface area contributed by atoms with Crippen molar-refractivity contribution in [2.75, 3.05) is 39.8 Å². The minimum atomic E-state index is -3.52. The van der Waals surface area contributed by atoms with Crippen LogP contribution in [0.25, 0.3) is 0 Å². The van der Waals surface area contributed by atoms with Crippen LogP contribution in [0.3, 0.4) is 0 Å². The van der Waals surface area contributed by atoms with Gasteiger partial charge in [0.25, 0.3) is 0 Å². The Morgan fingerprint density at radius 3 is 2.27 bits per heavy atom. The van der Waals surface area contributed by atoms with Crippen molar-refractivity contribution in [2.24, 2.45) is 7.05 Å². The van der Waals surface area contributed by atoms with Crippen molar-refractivity contribution < 1.29 is 8.42 Å². The van der Waals surface area contributed by atoms with Gasteiger partial charge in [-0.3, -0.25) is 4.90 Å². The lowest BCUT2D eigenvalue weighted by Gasteiger charge is -2.38. The number of piperazine rings is 1. The maximum Gasteiger partial charge on any atom is 0.240 e. The van der Waals surface area contributed by atoms with Crippen LogP contribution in [-0.4, -0.2) is 62.6 Å². The van der Waals surface area contributed by atoms with E-state index in [-0.39, 0.29) is 6.04 Å². The molecule has 1 N–H and O–H groups in total. The first-order chi connectivity index (χ1) is 12.4. The molecule has 142 valence electrons. The van der Waals surface area contributed by atoms with Gasteiger partial charge in [-0.15, -0.1) is 0 Å². The molecule has 0 amide bonds. The van der Waals surface area contributed by atoms with Gasteiger partial charge < -0.3 is 9.47 Å². The number of aryl methyl sites for hydroxylation is 2. The molecule has 3 rings (SSSR count). The molecule has 1 aliphatic rings. The van der Waals surface area contributed by atoms with Gasteiger partial charge in [-0.05, 0) is 38.2 Å². The molecule has 2 aromatic rings. The minimum absolute atomic E-state index is 0.0175. The second-order valence-corrected chi connectivity index (χ2v) is 8.83. The van der Waals surface area contributed by atoms with Gasteiger partial charge in [-0.1, -0.05) is 17.7 Å². The zero-order chi connectivity index (χ0) is 18.7. The van der Waals surface area contributed by atoms with E-state index in [1.165, 1.54) is 0 Å². The van der Waals surface area contributed by atoms with Crippen molar-refractivity contribution in [3.8, 4) is 0 Å². The predicted molar refractivity (Wildman–Crippen MR) is 104 cm³/mol. The van der Waals surface area contributed by atoms with E-state index >= 15 is 0 Å². The zero-order valence-corrected chi connectivity index (χ0v) is 16.5. The predicted octanol–water partition coefficient (Wildman–Crippen LogP) is 1.60. The molecule has 1 fully saturated rings. The van der Waals surface area contributed by atoms with E-state index in [9.17, 15) is 8.42 Å². The van der Waals surface area contributed by atoms with Crippen molar-refractivity contribution in [3.63, 3.8) is 0 Å². The Morgan fingerprint density at radius 1 is 1.04 bits per heavy atom. The van der Waals surface area contributed by atoms with Crippen molar-refractivity contribution in [3.05, 3.63) is 53.9 Å². The molecule has 1 unspecified atom stereocenters. The van der Waals surface area contributed by atoms with Crippen LogP contribution in [0.4, 0.5) is 0 Å². The van der Waals surface area contributed by atoms with Crippen LogP contribution >= 0.6 is 0 Å². The molecule has 6 nitrogen and oxygen atoms in total. The first-order valence-electron chi connectivity index (χ1n) is 8.97. The fourth-order valence-corrected chi connectivity index (χ4v) is 4.40. The highest BCUT2D eigenvalue weighted by Gasteiger charge is 2.27. The minimum Gasteiger partial charge on any atom is -0.353 e. The lowest BCUT2D eigenvalue weighted by Crippen LogP contribution is -2.48. The summed E-state index contributed by atoms with van der Waals surface area (Å²) in [5.41, 5.74) is 2.17. The van der Waals surface area contributed by atoms with E-state index in [1.54, 1.807) is 12.1 Å². The molecule has 0 saturated carbocycles. The van der Waals surface area contributed by atoms with Crippen molar-refractivity contribution in [1.29, 1.82) is 0 Å². The third-order valence-corrected chi connectivity index (χ3v) is 6.54. The normalized spacial score (nSPS) is 18.1. The first-order valence-corrected chi connectivity index (χ1v) is 10.5. The quantitative estimate of drug-likeness (QED) is 0.832. The second kappa shape index (κ2) is 7.92. The summed E-state index contributed by atoms with van der Waals surface area (Å²) in [5.74, 6) is 0. The molecule has 0 radical (unpaired) electrons. The number of aromatic nitrogens is 1. The average Bonchev–Trinajstić information content (AvgIpc) is 3.03. The van der Waals surface area contributed by atoms with Crippen LogP contribution in [0, 0.1) is 6.92 Å². The third kappa shape index (κ3) is 4.35. The van der Waals surface area contributed by atoms with Gasteiger partial charge in [0.1, 0.15) is 0 Å². The first kappa shape index (κ1) is 19.1. The summed E-state index contributed by atoms with van der Waals surface area (Å²) in [6.45, 7) is 6.15. The van der Waals surface area contributed by atoms with Crippen LogP contribution in [-0.2, 0) is 17.1 Å². The van der Waals surface area contributed by atoms with Crippen LogP contribution in [0.1, 0.15) is 17.3 Å². The second-order valence-electron chi connectivity index (χ2n) is 7.06. The maximum absolute atomic E-state index is 12.7. The summed E-state index contributed by atoms with van der Waals surface area (Å²) in [6.07, 6.45) is 2.01. The van der Waals surface area contributed by atoms with Gasteiger partial charge in [0.2, 0.25) is 10.0 Å². The van der Waals surface area contributed by atoms with Gasteiger partial charge in [-0.25, -0.2) is 13.1 Å². The van der Waals surface area contributed by atoms with Crippen molar-refractivity contribution in [1.82, 2.24) is 19.1 Å². The molecule has 0 aliphatic carbocycles. The van der Waals surface area contributed by atoms with Crippen molar-refractivity contribution in [2.45, 2.75) is 17.9 Å². The van der Waals surface area contributed by atoms with E-state index in [4.69, 9.17) is 0 Å². The number of sulfonamides is 1. The Balaban J connectivity index is 1.77. The number of hydrogen-bond donors (Lipinski definition) is 1. The van der Waals surface area contributed by atoms with E-state index in [0.29, 0.717) is 11.4 Å². The number of nitrogens with one attached hydrogen (secondary N) is 1. The van der Waals surface area contributed by atoms with Gasteiger partial charge in [0, 0.05) is 51.7 Å². The molecule has 0 spiro atoms. The van der Waals surface area contributed by atoms with E-state index in [2.05, 4.69) is 32.2 Å². The number of hydrogen-bond acceptors (Lipinski definition) is 4. The number of nitrogens with zero attached hydrogens (tertiary/aromatic N) is 3. The van der Waals surface area contributed by atoms with Gasteiger partial charge in [0.05, 0.1) is 10.9 Å². The molecular weight excluding hydrogens is 348 g/mol. The fourth-order valence-electron chi connectivity index (χ4n) is 3.36. The molecule has 1 aliphatic heterocycles. The fraction of sp³-hybridized carbons (Fsp3) is 0.474. The summed E-state index contributed by atoms with van der Waals surface area (Å²) >= 11 is 0. The number of benzene rings is 1. The van der Waals surface area contributed by atoms with Crippen molar-refractivity contribution >= 4 is 10.0 Å². The lowest BCUT2D eigenvalue weighted by atomic mass is 10.1. The largest absolute Gasteiger partial charge is 0.353 e. The Hall–Kier alpha value is -1.67. The van der Waals surface area contributed by atoms with Crippen LogP contribution in [0.5, 0.6) is 0 Å². The molecule has 2 heterocycles. The van der Waals surface area contributed by atoms with E-state index in [0.717, 1.165) is 37.4 Å².